The van der Waals surface area contributed by atoms with Crippen molar-refractivity contribution in [2.75, 3.05) is 34.4 Å². The van der Waals surface area contributed by atoms with Crippen LogP contribution >= 0.6 is 0 Å². The van der Waals surface area contributed by atoms with Crippen molar-refractivity contribution >= 4 is 129 Å². The van der Waals surface area contributed by atoms with Crippen LogP contribution in [0.1, 0.15) is 137 Å². The molecule has 4 unspecified atom stereocenters. The van der Waals surface area contributed by atoms with E-state index in [4.69, 9.17) is 21.4 Å². The lowest BCUT2D eigenvalue weighted by Gasteiger charge is -2.29. The number of ketones is 2. The standard InChI is InChI=1S/C33H28N8O10.C17H15N3O5.C15H12N6O5/c42-17-7-8-23(25(43)11-17)40-13-20-18(30(40)47)3-1-5-21(20)35-33(50)51-15-16-12-39(38-37-16)14-27(45)34-22-6-2-4-19-28(22)32(49)41(31(19)48)24-9-10-26(44)36-29(24)46;1-2-8-25-17(24)18-12-5-3-4-10-11(12)9-20(16(10)23)13-6-7-14(21)19-15(13)22;16-20-17-6-11(23)18-8-3-1-2-7-12(8)15(26)21(14(7)25)9-4-5-10(22)19-13(9)24/h1-6,12,23-24H,7-11,13-15H2,(H,34,45)(H,35,50)(H,36,44,46);1,3-5,13H,6-9H2,(H,18,24)(H,19,21,22);1-3,9H,4-6H2,(H,18,23)(H,19,22,24). The Morgan fingerprint density at radius 1 is 0.549 bits per heavy atom. The van der Waals surface area contributed by atoms with Crippen molar-refractivity contribution in [2.24, 2.45) is 5.11 Å². The number of hydrogen-bond donors (Lipinski definition) is 7. The molecule has 1 aliphatic carbocycles. The molecule has 8 aliphatic rings. The van der Waals surface area contributed by atoms with Gasteiger partial charge in [0.2, 0.25) is 47.3 Å². The summed E-state index contributed by atoms with van der Waals surface area (Å²) in [7, 11) is 0. The number of Topliss-reactive ketones (excluding diaryl/α,β-unsaturated/α-hetero) is 2. The highest BCUT2D eigenvalue weighted by Crippen LogP contribution is 2.37. The number of terminal acetylenes is 1. The van der Waals surface area contributed by atoms with Crippen molar-refractivity contribution in [1.82, 2.24) is 50.5 Å². The van der Waals surface area contributed by atoms with Gasteiger partial charge >= 0.3 is 12.2 Å². The Morgan fingerprint density at radius 3 is 1.48 bits per heavy atom. The first-order valence-corrected chi connectivity index (χ1v) is 31.2. The molecule has 37 nitrogen and oxygen atoms in total. The zero-order valence-corrected chi connectivity index (χ0v) is 53.1. The van der Waals surface area contributed by atoms with Crippen molar-refractivity contribution in [1.29, 1.82) is 0 Å². The number of benzene rings is 4. The lowest BCUT2D eigenvalue weighted by molar-refractivity contribution is -0.138. The third-order valence-electron chi connectivity index (χ3n) is 17.2. The van der Waals surface area contributed by atoms with Crippen LogP contribution in [0.25, 0.3) is 10.4 Å². The van der Waals surface area contributed by atoms with E-state index in [1.165, 1.54) is 57.1 Å². The second-order valence-corrected chi connectivity index (χ2v) is 23.6. The number of ether oxygens (including phenoxy) is 2. The summed E-state index contributed by atoms with van der Waals surface area (Å²) in [5, 5.41) is 27.5. The van der Waals surface area contributed by atoms with Gasteiger partial charge in [0.05, 0.1) is 52.3 Å². The largest absolute Gasteiger partial charge is 0.443 e. The minimum atomic E-state index is -1.16. The molecule has 4 aromatic carbocycles. The zero-order chi connectivity index (χ0) is 72.8. The first-order valence-electron chi connectivity index (χ1n) is 31.2. The van der Waals surface area contributed by atoms with Gasteiger partial charge in [0.25, 0.3) is 35.4 Å². The van der Waals surface area contributed by atoms with Crippen LogP contribution in [0.5, 0.6) is 0 Å². The number of amides is 16. The highest BCUT2D eigenvalue weighted by Gasteiger charge is 2.48. The Bertz CT molecular complexity index is 4660. The third kappa shape index (κ3) is 14.5. The average molecular weight is 1390 g/mol. The van der Waals surface area contributed by atoms with E-state index in [0.29, 0.717) is 33.6 Å². The molecule has 4 fully saturated rings. The fraction of sp³-hybridized carbons (Fsp3) is 0.292. The van der Waals surface area contributed by atoms with Gasteiger partial charge in [-0.15, -0.1) is 11.5 Å². The quantitative estimate of drug-likeness (QED) is 0.0196. The van der Waals surface area contributed by atoms with E-state index >= 15 is 0 Å². The fourth-order valence-corrected chi connectivity index (χ4v) is 12.5. The molecule has 1 aromatic heterocycles. The van der Waals surface area contributed by atoms with Gasteiger partial charge in [-0.1, -0.05) is 40.5 Å². The number of piperidine rings is 3. The third-order valence-corrected chi connectivity index (χ3v) is 17.2. The smallest absolute Gasteiger partial charge is 0.412 e. The van der Waals surface area contributed by atoms with E-state index in [0.717, 1.165) is 9.80 Å². The number of rotatable bonds is 15. The van der Waals surface area contributed by atoms with Gasteiger partial charge in [-0.25, -0.2) is 14.3 Å². The SMILES string of the molecule is C#CCOC(=O)Nc1cccc2c1CN(C1CCC(=O)NC1=O)C2=O.O=C1CCC(N2Cc3c(NC(=O)OCc4cn(CC(=O)Nc5cccc6c5C(=O)N(C5CCC(=O)NC5=O)C6=O)nn4)cccc3C2=O)C(=O)C1.[N-]=[N+]=NCC(=O)Nc1cccc2c1C(=O)N(C1CCC(=O)NC1=O)C2=O. The van der Waals surface area contributed by atoms with Crippen molar-refractivity contribution < 1.29 is 95.8 Å². The molecule has 37 heteroatoms. The van der Waals surface area contributed by atoms with E-state index in [1.54, 1.807) is 36.4 Å². The van der Waals surface area contributed by atoms with Gasteiger partial charge in [0, 0.05) is 77.3 Å². The second-order valence-electron chi connectivity index (χ2n) is 23.6. The summed E-state index contributed by atoms with van der Waals surface area (Å²) in [6.07, 6.45) is 5.54. The average Bonchev–Trinajstić information content (AvgIpc) is 1.63. The second kappa shape index (κ2) is 29.6. The van der Waals surface area contributed by atoms with Crippen molar-refractivity contribution in [3.05, 3.63) is 140 Å². The molecule has 5 aromatic rings. The predicted molar refractivity (Wildman–Crippen MR) is 342 cm³/mol. The molecule has 102 heavy (non-hydrogen) atoms. The monoisotopic (exact) mass is 1390 g/mol. The number of hydrogen-bond acceptors (Lipinski definition) is 23. The van der Waals surface area contributed by atoms with Crippen LogP contribution in [0.4, 0.5) is 32.3 Å². The van der Waals surface area contributed by atoms with Crippen LogP contribution in [0.15, 0.2) is 84.1 Å². The molecular weight excluding hydrogens is 1340 g/mol. The highest BCUT2D eigenvalue weighted by atomic mass is 16.6. The molecule has 8 heterocycles. The summed E-state index contributed by atoms with van der Waals surface area (Å²) in [6.45, 7) is -1.08. The van der Waals surface area contributed by atoms with Crippen molar-refractivity contribution in [3.8, 4) is 12.3 Å². The maximum Gasteiger partial charge on any atom is 0.412 e. The maximum atomic E-state index is 13.3. The molecule has 520 valence electrons. The molecule has 7 aliphatic heterocycles. The van der Waals surface area contributed by atoms with E-state index in [9.17, 15) is 86.3 Å². The molecule has 0 bridgehead atoms. The Labute approximate surface area is 573 Å². The summed E-state index contributed by atoms with van der Waals surface area (Å²) >= 11 is 0. The van der Waals surface area contributed by atoms with Crippen LogP contribution < -0.4 is 37.2 Å². The van der Waals surface area contributed by atoms with Crippen LogP contribution in [0, 0.1) is 12.3 Å². The molecule has 7 N–H and O–H groups in total. The Morgan fingerprint density at radius 2 is 1.00 bits per heavy atom. The highest BCUT2D eigenvalue weighted by molar-refractivity contribution is 6.27. The van der Waals surface area contributed by atoms with E-state index in [-0.39, 0.29) is 159 Å². The normalized spacial score (nSPS) is 19.5. The summed E-state index contributed by atoms with van der Waals surface area (Å²) < 4.78 is 11.2. The van der Waals surface area contributed by atoms with Gasteiger partial charge in [0.15, 0.2) is 12.4 Å². The molecule has 0 spiro atoms. The van der Waals surface area contributed by atoms with Crippen LogP contribution in [-0.2, 0) is 83.7 Å². The van der Waals surface area contributed by atoms with Gasteiger partial charge in [-0.2, -0.15) is 0 Å². The fourth-order valence-electron chi connectivity index (χ4n) is 12.5. The minimum Gasteiger partial charge on any atom is -0.443 e. The van der Waals surface area contributed by atoms with Crippen molar-refractivity contribution in [3.63, 3.8) is 0 Å². The summed E-state index contributed by atoms with van der Waals surface area (Å²) in [4.78, 5) is 228. The molecule has 0 radical (unpaired) electrons. The van der Waals surface area contributed by atoms with E-state index < -0.39 is 108 Å². The van der Waals surface area contributed by atoms with Gasteiger partial charge in [-0.3, -0.25) is 113 Å². The van der Waals surface area contributed by atoms with E-state index in [1.807, 2.05) is 0 Å². The first-order chi connectivity index (χ1) is 48.9. The zero-order valence-electron chi connectivity index (χ0n) is 53.1. The van der Waals surface area contributed by atoms with Crippen molar-refractivity contribution in [2.45, 2.75) is 108 Å². The van der Waals surface area contributed by atoms with Crippen LogP contribution in [-0.4, -0.2) is 178 Å². The Balaban J connectivity index is 0.000000171. The van der Waals surface area contributed by atoms with Crippen LogP contribution in [0.2, 0.25) is 0 Å². The van der Waals surface area contributed by atoms with Gasteiger partial charge < -0.3 is 29.9 Å². The first kappa shape index (κ1) is 69.7. The number of azide groups is 1. The summed E-state index contributed by atoms with van der Waals surface area (Å²) in [6, 6.07) is 14.6. The lowest BCUT2D eigenvalue weighted by Crippen LogP contribution is -2.54. The lowest BCUT2D eigenvalue weighted by atomic mass is 9.92. The Hall–Kier alpha value is -13.7. The number of aromatic nitrogens is 3. The number of carbonyl (C=O) groups excluding carboxylic acids is 18. The molecule has 16 amide bonds. The number of carbonyl (C=O) groups is 18. The van der Waals surface area contributed by atoms with Gasteiger partial charge in [0.1, 0.15) is 49.3 Å². The number of nitrogens with one attached hydrogen (secondary N) is 7. The topological polar surface area (TPSA) is 502 Å². The van der Waals surface area contributed by atoms with Crippen LogP contribution in [0.3, 0.4) is 0 Å². The number of nitrogens with zero attached hydrogens (tertiary/aromatic N) is 10. The van der Waals surface area contributed by atoms with Gasteiger partial charge in [-0.05, 0) is 79.7 Å². The number of imide groups is 5. The summed E-state index contributed by atoms with van der Waals surface area (Å²) in [5.41, 5.74) is 11.1. The Kier molecular flexibility index (Phi) is 20.2. The van der Waals surface area contributed by atoms with E-state index in [2.05, 4.69) is 63.5 Å². The predicted octanol–water partition coefficient (Wildman–Crippen LogP) is 1.68. The maximum absolute atomic E-state index is 13.3. The number of anilines is 4. The summed E-state index contributed by atoms with van der Waals surface area (Å²) in [5.74, 6) is -6.39. The molecular formula is C65H55N17O20. The molecule has 4 atom stereocenters. The molecule has 13 rings (SSSR count). The molecule has 3 saturated heterocycles. The molecule has 1 saturated carbocycles. The minimum absolute atomic E-state index is 0.00219. The number of fused-ring (bicyclic) bond motifs is 4.